The van der Waals surface area contributed by atoms with Crippen molar-refractivity contribution in [3.05, 3.63) is 71.8 Å². The van der Waals surface area contributed by atoms with Crippen LogP contribution in [0.25, 0.3) is 0 Å². The SMILES string of the molecule is O=C(O)Cc1ccccc1.O=C(O)c1ccccc1.[H-].[Na+]. The largest absolute Gasteiger partial charge is 1.00 e. The van der Waals surface area contributed by atoms with Crippen molar-refractivity contribution in [2.45, 2.75) is 6.42 Å². The summed E-state index contributed by atoms with van der Waals surface area (Å²) in [6.45, 7) is 0. The number of carboxylic acid groups (broad SMARTS) is 2. The maximum atomic E-state index is 10.2. The van der Waals surface area contributed by atoms with E-state index in [9.17, 15) is 9.59 Å². The maximum absolute atomic E-state index is 10.2. The molecule has 2 aromatic rings. The summed E-state index contributed by atoms with van der Waals surface area (Å²) in [4.78, 5) is 20.4. The minimum atomic E-state index is -0.879. The van der Waals surface area contributed by atoms with E-state index in [0.29, 0.717) is 5.56 Å². The second-order valence-corrected chi connectivity index (χ2v) is 3.73. The summed E-state index contributed by atoms with van der Waals surface area (Å²) in [6.07, 6.45) is 0.112. The topological polar surface area (TPSA) is 74.6 Å². The molecule has 100 valence electrons. The van der Waals surface area contributed by atoms with Gasteiger partial charge in [0.25, 0.3) is 0 Å². The van der Waals surface area contributed by atoms with Crippen molar-refractivity contribution < 1.29 is 50.8 Å². The summed E-state index contributed by atoms with van der Waals surface area (Å²) in [5.41, 5.74) is 1.17. The molecule has 0 aliphatic heterocycles. The number of benzene rings is 2. The molecule has 0 amide bonds. The van der Waals surface area contributed by atoms with E-state index in [1.165, 1.54) is 0 Å². The Morgan fingerprint density at radius 3 is 1.65 bits per heavy atom. The van der Waals surface area contributed by atoms with Gasteiger partial charge in [-0.3, -0.25) is 4.79 Å². The third-order valence-corrected chi connectivity index (χ3v) is 2.22. The van der Waals surface area contributed by atoms with Crippen LogP contribution in [0.5, 0.6) is 0 Å². The van der Waals surface area contributed by atoms with E-state index in [2.05, 4.69) is 0 Å². The zero-order chi connectivity index (χ0) is 14.1. The average Bonchev–Trinajstić information content (AvgIpc) is 2.41. The summed E-state index contributed by atoms with van der Waals surface area (Å²) in [6, 6.07) is 17.4. The zero-order valence-electron chi connectivity index (χ0n) is 12.2. The Kier molecular flexibility index (Phi) is 9.38. The molecule has 0 saturated carbocycles. The van der Waals surface area contributed by atoms with E-state index in [0.717, 1.165) is 5.56 Å². The molecule has 0 radical (unpaired) electrons. The maximum Gasteiger partial charge on any atom is 1.00 e. The second-order valence-electron chi connectivity index (χ2n) is 3.73. The third-order valence-electron chi connectivity index (χ3n) is 2.22. The summed E-state index contributed by atoms with van der Waals surface area (Å²) >= 11 is 0. The van der Waals surface area contributed by atoms with Crippen LogP contribution in [0, 0.1) is 0 Å². The molecule has 2 aromatic carbocycles. The molecule has 20 heavy (non-hydrogen) atoms. The Morgan fingerprint density at radius 2 is 1.30 bits per heavy atom. The minimum absolute atomic E-state index is 0. The van der Waals surface area contributed by atoms with Gasteiger partial charge in [-0.1, -0.05) is 48.5 Å². The van der Waals surface area contributed by atoms with Gasteiger partial charge in [0, 0.05) is 0 Å². The van der Waals surface area contributed by atoms with Gasteiger partial charge >= 0.3 is 41.5 Å². The number of aromatic carboxylic acids is 1. The predicted octanol–water partition coefficient (Wildman–Crippen LogP) is -0.185. The molecule has 0 bridgehead atoms. The molecule has 0 unspecified atom stereocenters. The Morgan fingerprint density at radius 1 is 0.850 bits per heavy atom. The average molecular weight is 282 g/mol. The first-order valence-corrected chi connectivity index (χ1v) is 5.63. The molecule has 0 spiro atoms. The van der Waals surface area contributed by atoms with E-state index in [-0.39, 0.29) is 37.4 Å². The fraction of sp³-hybridized carbons (Fsp3) is 0.0667. The monoisotopic (exact) mass is 282 g/mol. The summed E-state index contributed by atoms with van der Waals surface area (Å²) in [5, 5.41) is 16.8. The Hall–Kier alpha value is -1.62. The van der Waals surface area contributed by atoms with Crippen molar-refractivity contribution in [3.63, 3.8) is 0 Å². The standard InChI is InChI=1S/C8H8O2.C7H6O2.Na.H/c9-8(10)6-7-4-2-1-3-5-7;8-7(9)6-4-2-1-3-5-6;;/h1-5H,6H2,(H,9,10);1-5H,(H,8,9);;/q;;+1;-1. The van der Waals surface area contributed by atoms with E-state index < -0.39 is 11.9 Å². The number of hydrogen-bond acceptors (Lipinski definition) is 2. The van der Waals surface area contributed by atoms with Crippen LogP contribution in [-0.2, 0) is 11.2 Å². The molecule has 0 heterocycles. The normalized spacial score (nSPS) is 8.60. The first-order valence-electron chi connectivity index (χ1n) is 5.63. The van der Waals surface area contributed by atoms with Gasteiger partial charge < -0.3 is 11.6 Å². The van der Waals surface area contributed by atoms with Gasteiger partial charge in [-0.05, 0) is 17.7 Å². The van der Waals surface area contributed by atoms with E-state index in [1.807, 2.05) is 18.2 Å². The third kappa shape index (κ3) is 7.74. The number of carboxylic acids is 2. The first-order chi connectivity index (χ1) is 9.09. The van der Waals surface area contributed by atoms with Crippen molar-refractivity contribution in [3.8, 4) is 0 Å². The van der Waals surface area contributed by atoms with Crippen LogP contribution in [0.4, 0.5) is 0 Å². The quantitative estimate of drug-likeness (QED) is 0.766. The fourth-order valence-electron chi connectivity index (χ4n) is 1.35. The van der Waals surface area contributed by atoms with Crippen LogP contribution in [-0.4, -0.2) is 22.2 Å². The minimum Gasteiger partial charge on any atom is -1.00 e. The van der Waals surface area contributed by atoms with Gasteiger partial charge in [0.1, 0.15) is 0 Å². The number of aliphatic carboxylic acids is 1. The van der Waals surface area contributed by atoms with Crippen LogP contribution in [0.2, 0.25) is 0 Å². The van der Waals surface area contributed by atoms with Crippen LogP contribution in [0.3, 0.4) is 0 Å². The fourth-order valence-corrected chi connectivity index (χ4v) is 1.35. The molecule has 2 N–H and O–H groups in total. The number of rotatable bonds is 3. The number of carbonyl (C=O) groups is 2. The molecule has 5 heteroatoms. The Bertz CT molecular complexity index is 532. The van der Waals surface area contributed by atoms with Crippen molar-refractivity contribution in [1.29, 1.82) is 0 Å². The molecular weight excluding hydrogens is 267 g/mol. The molecule has 0 aliphatic carbocycles. The van der Waals surface area contributed by atoms with Crippen molar-refractivity contribution in [2.75, 3.05) is 0 Å². The smallest absolute Gasteiger partial charge is 1.00 e. The molecule has 0 fully saturated rings. The van der Waals surface area contributed by atoms with Crippen LogP contribution >= 0.6 is 0 Å². The molecule has 0 aromatic heterocycles. The summed E-state index contributed by atoms with van der Waals surface area (Å²) in [5.74, 6) is -1.66. The van der Waals surface area contributed by atoms with Crippen molar-refractivity contribution >= 4 is 11.9 Å². The van der Waals surface area contributed by atoms with Crippen LogP contribution < -0.4 is 29.6 Å². The Labute approximate surface area is 140 Å². The van der Waals surface area contributed by atoms with E-state index in [4.69, 9.17) is 10.2 Å². The van der Waals surface area contributed by atoms with Gasteiger partial charge in [0.15, 0.2) is 0 Å². The van der Waals surface area contributed by atoms with Crippen molar-refractivity contribution in [2.24, 2.45) is 0 Å². The zero-order valence-corrected chi connectivity index (χ0v) is 13.2. The van der Waals surface area contributed by atoms with Gasteiger partial charge in [-0.25, -0.2) is 4.79 Å². The molecule has 2 rings (SSSR count). The second kappa shape index (κ2) is 10.2. The van der Waals surface area contributed by atoms with E-state index >= 15 is 0 Å². The Balaban J connectivity index is 0. The molecule has 0 atom stereocenters. The van der Waals surface area contributed by atoms with Gasteiger partial charge in [0.05, 0.1) is 12.0 Å². The van der Waals surface area contributed by atoms with Gasteiger partial charge in [-0.15, -0.1) is 0 Å². The van der Waals surface area contributed by atoms with Gasteiger partial charge in [-0.2, -0.15) is 0 Å². The summed E-state index contributed by atoms with van der Waals surface area (Å²) < 4.78 is 0. The van der Waals surface area contributed by atoms with Gasteiger partial charge in [0.2, 0.25) is 0 Å². The summed E-state index contributed by atoms with van der Waals surface area (Å²) in [7, 11) is 0. The molecule has 0 saturated heterocycles. The van der Waals surface area contributed by atoms with Crippen molar-refractivity contribution in [1.82, 2.24) is 0 Å². The molecule has 4 nitrogen and oxygen atoms in total. The predicted molar refractivity (Wildman–Crippen MR) is 72.3 cm³/mol. The van der Waals surface area contributed by atoms with Crippen LogP contribution in [0.15, 0.2) is 60.7 Å². The molecular formula is C15H15NaO4. The molecule has 0 aliphatic rings. The van der Waals surface area contributed by atoms with Crippen LogP contribution in [0.1, 0.15) is 17.3 Å². The van der Waals surface area contributed by atoms with E-state index in [1.54, 1.807) is 42.5 Å². The first kappa shape index (κ1) is 18.4. The number of hydrogen-bond donors (Lipinski definition) is 2.